The molecule has 6 nitrogen and oxygen atoms in total. The largest absolute Gasteiger partial charge is 0.496 e. The van der Waals surface area contributed by atoms with E-state index in [4.69, 9.17) is 9.84 Å². The van der Waals surface area contributed by atoms with Crippen LogP contribution in [0.5, 0.6) is 5.75 Å². The van der Waals surface area contributed by atoms with Crippen LogP contribution in [0.3, 0.4) is 0 Å². The summed E-state index contributed by atoms with van der Waals surface area (Å²) in [6.45, 7) is 0. The average molecular weight is 325 g/mol. The Balaban J connectivity index is 2.39. The van der Waals surface area contributed by atoms with Crippen LogP contribution in [0.1, 0.15) is 10.4 Å². The van der Waals surface area contributed by atoms with Crippen LogP contribution in [0.25, 0.3) is 0 Å². The summed E-state index contributed by atoms with van der Waals surface area (Å²) in [5.74, 6) is -1.76. The number of sulfonamides is 1. The molecule has 0 aliphatic heterocycles. The van der Waals surface area contributed by atoms with Crippen LogP contribution < -0.4 is 9.46 Å². The molecular weight excluding hydrogens is 313 g/mol. The van der Waals surface area contributed by atoms with Crippen LogP contribution in [-0.4, -0.2) is 26.6 Å². The number of halogens is 1. The number of carboxylic acids is 1. The van der Waals surface area contributed by atoms with Crippen molar-refractivity contribution in [3.8, 4) is 5.75 Å². The molecule has 2 aromatic rings. The Kier molecular flexibility index (Phi) is 4.32. The highest BCUT2D eigenvalue weighted by atomic mass is 32.2. The Morgan fingerprint density at radius 3 is 2.36 bits per heavy atom. The third-order valence-corrected chi connectivity index (χ3v) is 4.19. The Morgan fingerprint density at radius 1 is 1.18 bits per heavy atom. The molecule has 0 saturated heterocycles. The normalized spacial score (nSPS) is 11.0. The smallest absolute Gasteiger partial charge is 0.339 e. The quantitative estimate of drug-likeness (QED) is 0.880. The number of carboxylic acid groups (broad SMARTS) is 1. The van der Waals surface area contributed by atoms with Gasteiger partial charge in [-0.05, 0) is 42.5 Å². The average Bonchev–Trinajstić information content (AvgIpc) is 2.48. The van der Waals surface area contributed by atoms with Gasteiger partial charge in [-0.2, -0.15) is 0 Å². The number of aromatic carboxylic acids is 1. The summed E-state index contributed by atoms with van der Waals surface area (Å²) in [6, 6.07) is 8.19. The molecule has 0 heterocycles. The standard InChI is InChI=1S/C14H12FNO5S/c1-21-13-7-6-11(8-12(13)14(17)18)22(19,20)16-10-4-2-9(15)3-5-10/h2-8,16H,1H3,(H,17,18). The van der Waals surface area contributed by atoms with Crippen molar-refractivity contribution in [1.29, 1.82) is 0 Å². The summed E-state index contributed by atoms with van der Waals surface area (Å²) in [6.07, 6.45) is 0. The topological polar surface area (TPSA) is 92.7 Å². The lowest BCUT2D eigenvalue weighted by atomic mass is 10.2. The van der Waals surface area contributed by atoms with Crippen LogP contribution in [0, 0.1) is 5.82 Å². The molecule has 8 heteroatoms. The van der Waals surface area contributed by atoms with Crippen molar-refractivity contribution in [3.05, 3.63) is 53.8 Å². The lowest BCUT2D eigenvalue weighted by Gasteiger charge is -2.10. The molecule has 0 atom stereocenters. The van der Waals surface area contributed by atoms with Crippen molar-refractivity contribution < 1.29 is 27.4 Å². The molecule has 22 heavy (non-hydrogen) atoms. The van der Waals surface area contributed by atoms with Gasteiger partial charge in [0.05, 0.1) is 12.0 Å². The minimum atomic E-state index is -4.00. The van der Waals surface area contributed by atoms with Crippen LogP contribution in [-0.2, 0) is 10.0 Å². The monoisotopic (exact) mass is 325 g/mol. The van der Waals surface area contributed by atoms with Crippen LogP contribution in [0.2, 0.25) is 0 Å². The van der Waals surface area contributed by atoms with Crippen molar-refractivity contribution in [3.63, 3.8) is 0 Å². The minimum Gasteiger partial charge on any atom is -0.496 e. The minimum absolute atomic E-state index is 0.0493. The molecule has 2 aromatic carbocycles. The number of anilines is 1. The third-order valence-electron chi connectivity index (χ3n) is 2.81. The Morgan fingerprint density at radius 2 is 1.82 bits per heavy atom. The Labute approximate surface area is 126 Å². The second-order valence-electron chi connectivity index (χ2n) is 4.28. The lowest BCUT2D eigenvalue weighted by Crippen LogP contribution is -2.14. The fourth-order valence-corrected chi connectivity index (χ4v) is 2.84. The van der Waals surface area contributed by atoms with E-state index < -0.39 is 21.8 Å². The Bertz CT molecular complexity index is 802. The fraction of sp³-hybridized carbons (Fsp3) is 0.0714. The van der Waals surface area contributed by atoms with Gasteiger partial charge in [-0.1, -0.05) is 0 Å². The molecule has 116 valence electrons. The molecule has 0 aliphatic carbocycles. The first-order valence-corrected chi connectivity index (χ1v) is 7.51. The molecule has 2 N–H and O–H groups in total. The third kappa shape index (κ3) is 3.34. The van der Waals surface area contributed by atoms with E-state index in [0.717, 1.165) is 18.2 Å². The highest BCUT2D eigenvalue weighted by Crippen LogP contribution is 2.24. The molecule has 0 saturated carbocycles. The van der Waals surface area contributed by atoms with Crippen LogP contribution in [0.15, 0.2) is 47.4 Å². The number of rotatable bonds is 5. The predicted octanol–water partition coefficient (Wildman–Crippen LogP) is 2.33. The van der Waals surface area contributed by atoms with Crippen LogP contribution >= 0.6 is 0 Å². The summed E-state index contributed by atoms with van der Waals surface area (Å²) in [7, 11) is -2.71. The number of hydrogen-bond acceptors (Lipinski definition) is 4. The van der Waals surface area contributed by atoms with Gasteiger partial charge in [0, 0.05) is 5.69 Å². The molecule has 0 bridgehead atoms. The van der Waals surface area contributed by atoms with E-state index in [1.165, 1.54) is 31.4 Å². The van der Waals surface area contributed by atoms with Gasteiger partial charge < -0.3 is 9.84 Å². The number of hydrogen-bond donors (Lipinski definition) is 2. The number of methoxy groups -OCH3 is 1. The molecule has 0 aromatic heterocycles. The summed E-state index contributed by atoms with van der Waals surface area (Å²) in [5, 5.41) is 9.07. The number of ether oxygens (including phenoxy) is 1. The molecule has 0 fully saturated rings. The zero-order chi connectivity index (χ0) is 16.3. The second-order valence-corrected chi connectivity index (χ2v) is 5.96. The summed E-state index contributed by atoms with van der Waals surface area (Å²) in [4.78, 5) is 10.9. The van der Waals surface area contributed by atoms with Gasteiger partial charge in [-0.3, -0.25) is 4.72 Å². The van der Waals surface area contributed by atoms with Gasteiger partial charge >= 0.3 is 5.97 Å². The van der Waals surface area contributed by atoms with Crippen molar-refractivity contribution in [2.24, 2.45) is 0 Å². The number of nitrogens with one attached hydrogen (secondary N) is 1. The van der Waals surface area contributed by atoms with Crippen molar-refractivity contribution in [2.75, 3.05) is 11.8 Å². The van der Waals surface area contributed by atoms with E-state index in [1.807, 2.05) is 0 Å². The first-order chi connectivity index (χ1) is 10.3. The first kappa shape index (κ1) is 15.8. The van der Waals surface area contributed by atoms with Crippen LogP contribution in [0.4, 0.5) is 10.1 Å². The zero-order valence-corrected chi connectivity index (χ0v) is 12.2. The van der Waals surface area contributed by atoms with Crippen molar-refractivity contribution >= 4 is 21.7 Å². The summed E-state index contributed by atoms with van der Waals surface area (Å²) >= 11 is 0. The van der Waals surface area contributed by atoms with Gasteiger partial charge in [-0.25, -0.2) is 17.6 Å². The lowest BCUT2D eigenvalue weighted by molar-refractivity contribution is 0.0693. The van der Waals surface area contributed by atoms with E-state index in [1.54, 1.807) is 0 Å². The number of benzene rings is 2. The fourth-order valence-electron chi connectivity index (χ4n) is 1.75. The molecule has 0 radical (unpaired) electrons. The maximum atomic E-state index is 12.8. The maximum absolute atomic E-state index is 12.8. The maximum Gasteiger partial charge on any atom is 0.339 e. The zero-order valence-electron chi connectivity index (χ0n) is 11.4. The second kappa shape index (κ2) is 6.02. The van der Waals surface area contributed by atoms with E-state index in [0.29, 0.717) is 0 Å². The van der Waals surface area contributed by atoms with E-state index in [-0.39, 0.29) is 21.9 Å². The first-order valence-electron chi connectivity index (χ1n) is 6.03. The molecule has 0 aliphatic rings. The SMILES string of the molecule is COc1ccc(S(=O)(=O)Nc2ccc(F)cc2)cc1C(=O)O. The van der Waals surface area contributed by atoms with E-state index >= 15 is 0 Å². The van der Waals surface area contributed by atoms with E-state index in [9.17, 15) is 17.6 Å². The van der Waals surface area contributed by atoms with Crippen molar-refractivity contribution in [1.82, 2.24) is 0 Å². The highest BCUT2D eigenvalue weighted by molar-refractivity contribution is 7.92. The molecule has 2 rings (SSSR count). The molecule has 0 amide bonds. The van der Waals surface area contributed by atoms with Gasteiger partial charge in [0.25, 0.3) is 10.0 Å². The summed E-state index contributed by atoms with van der Waals surface area (Å²) in [5.41, 5.74) is -0.112. The van der Waals surface area contributed by atoms with E-state index in [2.05, 4.69) is 4.72 Å². The molecular formula is C14H12FNO5S. The highest BCUT2D eigenvalue weighted by Gasteiger charge is 2.19. The molecule has 0 unspecified atom stereocenters. The van der Waals surface area contributed by atoms with Crippen molar-refractivity contribution in [2.45, 2.75) is 4.90 Å². The molecule has 0 spiro atoms. The Hall–Kier alpha value is -2.61. The predicted molar refractivity (Wildman–Crippen MR) is 77.2 cm³/mol. The van der Waals surface area contributed by atoms with Gasteiger partial charge in [0.2, 0.25) is 0 Å². The van der Waals surface area contributed by atoms with Gasteiger partial charge in [-0.15, -0.1) is 0 Å². The summed E-state index contributed by atoms with van der Waals surface area (Å²) < 4.78 is 44.4. The number of carbonyl (C=O) groups is 1. The van der Waals surface area contributed by atoms with Gasteiger partial charge in [0.1, 0.15) is 17.1 Å². The van der Waals surface area contributed by atoms with Gasteiger partial charge in [0.15, 0.2) is 0 Å².